The second-order valence-corrected chi connectivity index (χ2v) is 7.19. The zero-order valence-electron chi connectivity index (χ0n) is 18.5. The number of benzene rings is 1. The van der Waals surface area contributed by atoms with Gasteiger partial charge < -0.3 is 18.8 Å². The SMILES string of the molecule is CC#CCC(Cc1cn(Cc2cccc(OC)c2)c(C)c1C)(C(=O)OC)C(=O)OC. The number of nitrogens with zero attached hydrogens (tertiary/aromatic N) is 1. The first-order valence-corrected chi connectivity index (χ1v) is 9.67. The maximum absolute atomic E-state index is 12.7. The summed E-state index contributed by atoms with van der Waals surface area (Å²) in [6, 6.07) is 7.86. The third-order valence-corrected chi connectivity index (χ3v) is 5.47. The highest BCUT2D eigenvalue weighted by molar-refractivity contribution is 6.00. The van der Waals surface area contributed by atoms with Gasteiger partial charge in [-0.15, -0.1) is 11.8 Å². The Kier molecular flexibility index (Phi) is 7.71. The molecule has 0 aliphatic rings. The van der Waals surface area contributed by atoms with E-state index in [0.29, 0.717) is 6.54 Å². The second kappa shape index (κ2) is 10.0. The van der Waals surface area contributed by atoms with E-state index in [1.54, 1.807) is 14.0 Å². The zero-order chi connectivity index (χ0) is 22.3. The third-order valence-electron chi connectivity index (χ3n) is 5.47. The molecule has 0 radical (unpaired) electrons. The van der Waals surface area contributed by atoms with Crippen LogP contribution in [0.1, 0.15) is 35.7 Å². The smallest absolute Gasteiger partial charge is 0.324 e. The third kappa shape index (κ3) is 4.68. The average molecular weight is 411 g/mol. The Morgan fingerprint density at radius 2 is 1.77 bits per heavy atom. The van der Waals surface area contributed by atoms with Gasteiger partial charge in [-0.2, -0.15) is 0 Å². The van der Waals surface area contributed by atoms with Crippen LogP contribution >= 0.6 is 0 Å². The number of carbonyl (C=O) groups excluding carboxylic acids is 2. The Bertz CT molecular complexity index is 961. The van der Waals surface area contributed by atoms with E-state index in [2.05, 4.69) is 16.4 Å². The Labute approximate surface area is 178 Å². The van der Waals surface area contributed by atoms with Crippen molar-refractivity contribution in [2.45, 2.75) is 40.2 Å². The van der Waals surface area contributed by atoms with Crippen LogP contribution in [0.25, 0.3) is 0 Å². The number of methoxy groups -OCH3 is 3. The Hall–Kier alpha value is -3.20. The van der Waals surface area contributed by atoms with Gasteiger partial charge in [-0.25, -0.2) is 0 Å². The minimum Gasteiger partial charge on any atom is -0.497 e. The monoisotopic (exact) mass is 411 g/mol. The van der Waals surface area contributed by atoms with Gasteiger partial charge in [0.15, 0.2) is 5.41 Å². The molecule has 2 rings (SSSR count). The van der Waals surface area contributed by atoms with Crippen LogP contribution in [0.4, 0.5) is 0 Å². The van der Waals surface area contributed by atoms with E-state index in [1.807, 2.05) is 44.3 Å². The fraction of sp³-hybridized carbons (Fsp3) is 0.417. The van der Waals surface area contributed by atoms with Gasteiger partial charge in [0.1, 0.15) is 5.75 Å². The molecule has 0 fully saturated rings. The molecule has 0 spiro atoms. The van der Waals surface area contributed by atoms with E-state index < -0.39 is 17.4 Å². The van der Waals surface area contributed by atoms with Crippen molar-refractivity contribution in [3.63, 3.8) is 0 Å². The summed E-state index contributed by atoms with van der Waals surface area (Å²) in [5, 5.41) is 0. The maximum atomic E-state index is 12.7. The molecule has 0 amide bonds. The topological polar surface area (TPSA) is 66.8 Å². The molecule has 0 unspecified atom stereocenters. The molecule has 0 saturated heterocycles. The van der Waals surface area contributed by atoms with Crippen LogP contribution in [0.5, 0.6) is 5.75 Å². The number of ether oxygens (including phenoxy) is 3. The summed E-state index contributed by atoms with van der Waals surface area (Å²) in [7, 11) is 4.18. The Morgan fingerprint density at radius 1 is 1.10 bits per heavy atom. The number of esters is 2. The van der Waals surface area contributed by atoms with E-state index in [1.165, 1.54) is 14.2 Å². The fourth-order valence-corrected chi connectivity index (χ4v) is 3.53. The van der Waals surface area contributed by atoms with Gasteiger partial charge in [0.25, 0.3) is 0 Å². The molecule has 1 heterocycles. The van der Waals surface area contributed by atoms with Gasteiger partial charge in [-0.05, 0) is 49.6 Å². The predicted octanol–water partition coefficient (Wildman–Crippen LogP) is 3.45. The molecule has 6 heteroatoms. The van der Waals surface area contributed by atoms with Gasteiger partial charge in [0, 0.05) is 31.3 Å². The lowest BCUT2D eigenvalue weighted by Gasteiger charge is -2.26. The van der Waals surface area contributed by atoms with Gasteiger partial charge in [0.2, 0.25) is 0 Å². The number of carbonyl (C=O) groups is 2. The number of hydrogen-bond donors (Lipinski definition) is 0. The van der Waals surface area contributed by atoms with E-state index >= 15 is 0 Å². The standard InChI is InChI=1S/C24H29NO5/c1-7-8-12-24(22(26)29-5,23(27)30-6)14-20-16-25(18(3)17(20)2)15-19-10-9-11-21(13-19)28-4/h9-11,13,16H,12,14-15H2,1-6H3. The quantitative estimate of drug-likeness (QED) is 0.378. The average Bonchev–Trinajstić information content (AvgIpc) is 3.03. The van der Waals surface area contributed by atoms with Crippen molar-refractivity contribution >= 4 is 11.9 Å². The van der Waals surface area contributed by atoms with Gasteiger partial charge in [-0.1, -0.05) is 12.1 Å². The molecule has 0 aliphatic carbocycles. The van der Waals surface area contributed by atoms with Crippen LogP contribution < -0.4 is 4.74 Å². The van der Waals surface area contributed by atoms with Gasteiger partial charge in [0.05, 0.1) is 21.3 Å². The minimum absolute atomic E-state index is 0.0302. The summed E-state index contributed by atoms with van der Waals surface area (Å²) >= 11 is 0. The predicted molar refractivity (Wildman–Crippen MR) is 114 cm³/mol. The van der Waals surface area contributed by atoms with Crippen LogP contribution in [-0.2, 0) is 32.0 Å². The minimum atomic E-state index is -1.51. The van der Waals surface area contributed by atoms with Crippen LogP contribution in [0, 0.1) is 31.1 Å². The summed E-state index contributed by atoms with van der Waals surface area (Å²) in [5.74, 6) is 5.13. The van der Waals surface area contributed by atoms with Crippen molar-refractivity contribution in [1.82, 2.24) is 4.57 Å². The van der Waals surface area contributed by atoms with Crippen LogP contribution in [0.15, 0.2) is 30.5 Å². The molecule has 0 saturated carbocycles. The van der Waals surface area contributed by atoms with E-state index in [4.69, 9.17) is 14.2 Å². The highest BCUT2D eigenvalue weighted by atomic mass is 16.5. The molecule has 30 heavy (non-hydrogen) atoms. The normalized spacial score (nSPS) is 10.7. The molecular weight excluding hydrogens is 382 g/mol. The maximum Gasteiger partial charge on any atom is 0.324 e. The lowest BCUT2D eigenvalue weighted by molar-refractivity contribution is -0.168. The fourth-order valence-electron chi connectivity index (χ4n) is 3.53. The van der Waals surface area contributed by atoms with Crippen molar-refractivity contribution in [2.24, 2.45) is 5.41 Å². The lowest BCUT2D eigenvalue weighted by atomic mass is 9.78. The molecule has 1 aromatic carbocycles. The number of hydrogen-bond acceptors (Lipinski definition) is 5. The van der Waals surface area contributed by atoms with Crippen molar-refractivity contribution in [2.75, 3.05) is 21.3 Å². The summed E-state index contributed by atoms with van der Waals surface area (Å²) < 4.78 is 17.4. The zero-order valence-corrected chi connectivity index (χ0v) is 18.5. The van der Waals surface area contributed by atoms with Crippen molar-refractivity contribution < 1.29 is 23.8 Å². The molecule has 0 bridgehead atoms. The molecule has 1 aromatic heterocycles. The first-order chi connectivity index (χ1) is 14.3. The number of rotatable bonds is 8. The first-order valence-electron chi connectivity index (χ1n) is 9.67. The summed E-state index contributed by atoms with van der Waals surface area (Å²) in [6.07, 6.45) is 2.16. The van der Waals surface area contributed by atoms with Gasteiger partial charge >= 0.3 is 11.9 Å². The van der Waals surface area contributed by atoms with Crippen molar-refractivity contribution in [3.8, 4) is 17.6 Å². The first kappa shape index (κ1) is 23.1. The van der Waals surface area contributed by atoms with E-state index in [-0.39, 0.29) is 12.8 Å². The molecule has 2 aromatic rings. The Balaban J connectivity index is 2.45. The van der Waals surface area contributed by atoms with Crippen LogP contribution in [-0.4, -0.2) is 37.8 Å². The Morgan fingerprint density at radius 3 is 2.33 bits per heavy atom. The van der Waals surface area contributed by atoms with Crippen molar-refractivity contribution in [3.05, 3.63) is 52.8 Å². The molecule has 0 N–H and O–H groups in total. The van der Waals surface area contributed by atoms with E-state index in [9.17, 15) is 9.59 Å². The molecule has 0 aliphatic heterocycles. The van der Waals surface area contributed by atoms with Crippen LogP contribution in [0.3, 0.4) is 0 Å². The second-order valence-electron chi connectivity index (χ2n) is 7.19. The highest BCUT2D eigenvalue weighted by Crippen LogP contribution is 2.33. The largest absolute Gasteiger partial charge is 0.497 e. The van der Waals surface area contributed by atoms with Gasteiger partial charge in [-0.3, -0.25) is 9.59 Å². The van der Waals surface area contributed by atoms with Crippen LogP contribution in [0.2, 0.25) is 0 Å². The highest BCUT2D eigenvalue weighted by Gasteiger charge is 2.48. The summed E-state index contributed by atoms with van der Waals surface area (Å²) in [5.41, 5.74) is 2.52. The number of aromatic nitrogens is 1. The van der Waals surface area contributed by atoms with E-state index in [0.717, 1.165) is 28.1 Å². The summed E-state index contributed by atoms with van der Waals surface area (Å²) in [4.78, 5) is 25.4. The molecular formula is C24H29NO5. The lowest BCUT2D eigenvalue weighted by Crippen LogP contribution is -2.43. The molecule has 160 valence electrons. The summed E-state index contributed by atoms with van der Waals surface area (Å²) in [6.45, 7) is 6.31. The molecule has 6 nitrogen and oxygen atoms in total. The molecule has 0 atom stereocenters. The van der Waals surface area contributed by atoms with Crippen molar-refractivity contribution in [1.29, 1.82) is 0 Å².